The average molecular weight is 343 g/mol. The Bertz CT molecular complexity index is 266. The highest BCUT2D eigenvalue weighted by Gasteiger charge is 2.05. The van der Waals surface area contributed by atoms with Gasteiger partial charge >= 0.3 is 5.97 Å². The van der Waals surface area contributed by atoms with Crippen LogP contribution in [0.4, 0.5) is 0 Å². The second kappa shape index (κ2) is 18.8. The van der Waals surface area contributed by atoms with Gasteiger partial charge in [0.15, 0.2) is 0 Å². The van der Waals surface area contributed by atoms with Gasteiger partial charge in [0.25, 0.3) is 0 Å². The van der Waals surface area contributed by atoms with Crippen molar-refractivity contribution in [3.05, 3.63) is 0 Å². The monoisotopic (exact) mass is 342 g/mol. The summed E-state index contributed by atoms with van der Waals surface area (Å²) in [7, 11) is 0. The maximum Gasteiger partial charge on any atom is 0.303 e. The number of unbranched alkanes of at least 4 members (excludes halogenated alkanes) is 13. The van der Waals surface area contributed by atoms with Gasteiger partial charge < -0.3 is 10.2 Å². The SMILES string of the molecule is CCCCCCCCCCCCCCCCC(O)CCCC(=O)O. The molecule has 3 heteroatoms. The summed E-state index contributed by atoms with van der Waals surface area (Å²) in [4.78, 5) is 10.4. The maximum atomic E-state index is 10.4. The van der Waals surface area contributed by atoms with Gasteiger partial charge in [-0.3, -0.25) is 4.79 Å². The van der Waals surface area contributed by atoms with E-state index in [1.807, 2.05) is 0 Å². The summed E-state index contributed by atoms with van der Waals surface area (Å²) in [6, 6.07) is 0. The van der Waals surface area contributed by atoms with E-state index >= 15 is 0 Å². The predicted octanol–water partition coefficient (Wildman–Crippen LogP) is 6.47. The summed E-state index contributed by atoms with van der Waals surface area (Å²) < 4.78 is 0. The number of hydrogen-bond donors (Lipinski definition) is 2. The van der Waals surface area contributed by atoms with Gasteiger partial charge in [-0.15, -0.1) is 0 Å². The Hall–Kier alpha value is -0.570. The Labute approximate surface area is 150 Å². The van der Waals surface area contributed by atoms with Crippen LogP contribution in [-0.2, 0) is 4.79 Å². The first-order chi connectivity index (χ1) is 11.7. The Kier molecular flexibility index (Phi) is 18.3. The topological polar surface area (TPSA) is 57.5 Å². The van der Waals surface area contributed by atoms with Crippen molar-refractivity contribution in [2.24, 2.45) is 0 Å². The summed E-state index contributed by atoms with van der Waals surface area (Å²) in [5.74, 6) is -0.765. The molecule has 0 rings (SSSR count). The number of carboxylic acids is 1. The minimum absolute atomic E-state index is 0.176. The largest absolute Gasteiger partial charge is 0.481 e. The molecule has 0 saturated carbocycles. The van der Waals surface area contributed by atoms with Gasteiger partial charge in [0.05, 0.1) is 6.10 Å². The molecule has 1 atom stereocenters. The van der Waals surface area contributed by atoms with Crippen molar-refractivity contribution in [3.8, 4) is 0 Å². The van der Waals surface area contributed by atoms with E-state index in [1.54, 1.807) is 0 Å². The highest BCUT2D eigenvalue weighted by Crippen LogP contribution is 2.14. The first kappa shape index (κ1) is 23.4. The molecule has 0 saturated heterocycles. The number of carboxylic acid groups (broad SMARTS) is 1. The third kappa shape index (κ3) is 19.5. The van der Waals surface area contributed by atoms with E-state index in [4.69, 9.17) is 5.11 Å². The van der Waals surface area contributed by atoms with Crippen LogP contribution in [0.5, 0.6) is 0 Å². The molecule has 0 aliphatic heterocycles. The van der Waals surface area contributed by atoms with Crippen molar-refractivity contribution >= 4 is 5.97 Å². The lowest BCUT2D eigenvalue weighted by Gasteiger charge is -2.09. The smallest absolute Gasteiger partial charge is 0.303 e. The number of rotatable bonds is 19. The van der Waals surface area contributed by atoms with Crippen molar-refractivity contribution < 1.29 is 15.0 Å². The molecule has 2 N–H and O–H groups in total. The van der Waals surface area contributed by atoms with E-state index in [0.717, 1.165) is 12.8 Å². The van der Waals surface area contributed by atoms with Gasteiger partial charge in [-0.05, 0) is 19.3 Å². The van der Waals surface area contributed by atoms with Crippen LogP contribution in [0, 0.1) is 0 Å². The minimum atomic E-state index is -0.765. The van der Waals surface area contributed by atoms with E-state index in [0.29, 0.717) is 12.8 Å². The summed E-state index contributed by atoms with van der Waals surface area (Å²) in [5, 5.41) is 18.3. The van der Waals surface area contributed by atoms with Crippen LogP contribution < -0.4 is 0 Å². The fraction of sp³-hybridized carbons (Fsp3) is 0.952. The quantitative estimate of drug-likeness (QED) is 0.264. The van der Waals surface area contributed by atoms with Gasteiger partial charge in [0.1, 0.15) is 0 Å². The van der Waals surface area contributed by atoms with Gasteiger partial charge in [0, 0.05) is 6.42 Å². The minimum Gasteiger partial charge on any atom is -0.481 e. The lowest BCUT2D eigenvalue weighted by Crippen LogP contribution is -2.07. The average Bonchev–Trinajstić information content (AvgIpc) is 2.55. The molecule has 0 aliphatic carbocycles. The van der Waals surface area contributed by atoms with Crippen LogP contribution in [0.2, 0.25) is 0 Å². The molecule has 0 aromatic carbocycles. The molecule has 0 aromatic rings. The highest BCUT2D eigenvalue weighted by atomic mass is 16.4. The van der Waals surface area contributed by atoms with Gasteiger partial charge in [-0.1, -0.05) is 96.8 Å². The number of aliphatic carboxylic acids is 1. The van der Waals surface area contributed by atoms with Gasteiger partial charge in [0.2, 0.25) is 0 Å². The Balaban J connectivity index is 3.10. The first-order valence-corrected chi connectivity index (χ1v) is 10.6. The summed E-state index contributed by atoms with van der Waals surface area (Å²) >= 11 is 0. The molecule has 24 heavy (non-hydrogen) atoms. The maximum absolute atomic E-state index is 10.4. The number of hydrogen-bond acceptors (Lipinski definition) is 2. The lowest BCUT2D eigenvalue weighted by atomic mass is 10.0. The van der Waals surface area contributed by atoms with Crippen molar-refractivity contribution in [1.82, 2.24) is 0 Å². The van der Waals surface area contributed by atoms with Crippen LogP contribution in [0.3, 0.4) is 0 Å². The third-order valence-electron chi connectivity index (χ3n) is 4.82. The molecule has 0 fully saturated rings. The van der Waals surface area contributed by atoms with E-state index in [2.05, 4.69) is 6.92 Å². The molecule has 0 radical (unpaired) electrons. The van der Waals surface area contributed by atoms with Gasteiger partial charge in [-0.2, -0.15) is 0 Å². The Morgan fingerprint density at radius 3 is 1.46 bits per heavy atom. The normalized spacial score (nSPS) is 12.4. The van der Waals surface area contributed by atoms with E-state index in [1.165, 1.54) is 83.5 Å². The second-order valence-electron chi connectivity index (χ2n) is 7.32. The predicted molar refractivity (Wildman–Crippen MR) is 102 cm³/mol. The lowest BCUT2D eigenvalue weighted by molar-refractivity contribution is -0.137. The zero-order chi connectivity index (χ0) is 17.9. The number of aliphatic hydroxyl groups excluding tert-OH is 1. The molecule has 1 unspecified atom stereocenters. The van der Waals surface area contributed by atoms with Gasteiger partial charge in [-0.25, -0.2) is 0 Å². The van der Waals surface area contributed by atoms with Crippen LogP contribution >= 0.6 is 0 Å². The molecular weight excluding hydrogens is 300 g/mol. The molecule has 0 aromatic heterocycles. The summed E-state index contributed by atoms with van der Waals surface area (Å²) in [6.45, 7) is 2.27. The molecule has 0 spiro atoms. The summed E-state index contributed by atoms with van der Waals surface area (Å²) in [6.07, 6.45) is 20.8. The Morgan fingerprint density at radius 2 is 1.04 bits per heavy atom. The summed E-state index contributed by atoms with van der Waals surface area (Å²) in [5.41, 5.74) is 0. The third-order valence-corrected chi connectivity index (χ3v) is 4.82. The molecule has 0 amide bonds. The zero-order valence-electron chi connectivity index (χ0n) is 16.1. The van der Waals surface area contributed by atoms with E-state index in [9.17, 15) is 9.90 Å². The molecule has 0 heterocycles. The molecule has 0 bridgehead atoms. The fourth-order valence-electron chi connectivity index (χ4n) is 3.21. The van der Waals surface area contributed by atoms with Crippen LogP contribution in [0.25, 0.3) is 0 Å². The van der Waals surface area contributed by atoms with Crippen LogP contribution in [0.15, 0.2) is 0 Å². The van der Waals surface area contributed by atoms with E-state index < -0.39 is 5.97 Å². The number of carbonyl (C=O) groups is 1. The van der Waals surface area contributed by atoms with E-state index in [-0.39, 0.29) is 12.5 Å². The van der Waals surface area contributed by atoms with Crippen molar-refractivity contribution in [1.29, 1.82) is 0 Å². The molecule has 0 aliphatic rings. The van der Waals surface area contributed by atoms with Crippen molar-refractivity contribution in [3.63, 3.8) is 0 Å². The van der Waals surface area contributed by atoms with Crippen molar-refractivity contribution in [2.75, 3.05) is 0 Å². The van der Waals surface area contributed by atoms with Crippen LogP contribution in [0.1, 0.15) is 122 Å². The zero-order valence-corrected chi connectivity index (χ0v) is 16.1. The number of aliphatic hydroxyl groups is 1. The first-order valence-electron chi connectivity index (χ1n) is 10.6. The molecular formula is C21H42O3. The standard InChI is InChI=1S/C21H42O3/c1-2-3-4-5-6-7-8-9-10-11-12-13-14-15-17-20(22)18-16-19-21(23)24/h20,22H,2-19H2,1H3,(H,23,24). The highest BCUT2D eigenvalue weighted by molar-refractivity contribution is 5.66. The Morgan fingerprint density at radius 1 is 0.667 bits per heavy atom. The molecule has 3 nitrogen and oxygen atoms in total. The van der Waals surface area contributed by atoms with Crippen LogP contribution in [-0.4, -0.2) is 22.3 Å². The second-order valence-corrected chi connectivity index (χ2v) is 7.32. The van der Waals surface area contributed by atoms with Crippen molar-refractivity contribution in [2.45, 2.75) is 129 Å². The fourth-order valence-corrected chi connectivity index (χ4v) is 3.21. The molecule has 144 valence electrons.